The number of rotatable bonds is 10. The summed E-state index contributed by atoms with van der Waals surface area (Å²) in [4.78, 5) is 146. The summed E-state index contributed by atoms with van der Waals surface area (Å²) in [6.45, 7) is 31.8. The number of ether oxygens (including phenoxy) is 5. The summed E-state index contributed by atoms with van der Waals surface area (Å²) >= 11 is 0. The number of Topliss-reactive ketones (excluding diaryl/α,β-unsaturated/α-hetero) is 5. The molecule has 1 saturated heterocycles. The van der Waals surface area contributed by atoms with E-state index in [1.54, 1.807) is 43.4 Å². The van der Waals surface area contributed by atoms with Crippen LogP contribution < -0.4 is 0 Å². The van der Waals surface area contributed by atoms with Crippen LogP contribution in [0.25, 0.3) is 0 Å². The third kappa shape index (κ3) is 13.0. The number of fused-ring (bicyclic) bond motifs is 21. The van der Waals surface area contributed by atoms with E-state index in [9.17, 15) is 67.7 Å². The summed E-state index contributed by atoms with van der Waals surface area (Å²) in [6.07, 6.45) is 44.7. The van der Waals surface area contributed by atoms with Crippen molar-refractivity contribution in [2.75, 3.05) is 26.4 Å². The first-order chi connectivity index (χ1) is 54.7. The summed E-state index contributed by atoms with van der Waals surface area (Å²) in [5.74, 6) is -0.205. The number of aliphatic hydroxyl groups is 2. The first kappa shape index (κ1) is 85.3. The molecule has 17 rings (SSSR count). The van der Waals surface area contributed by atoms with Gasteiger partial charge in [-0.3, -0.25) is 57.5 Å². The van der Waals surface area contributed by atoms with Crippen LogP contribution in [0.1, 0.15) is 214 Å². The Kier molecular flexibility index (Phi) is 21.6. The zero-order valence-corrected chi connectivity index (χ0v) is 71.5. The van der Waals surface area contributed by atoms with Gasteiger partial charge in [-0.1, -0.05) is 132 Å². The lowest BCUT2D eigenvalue weighted by molar-refractivity contribution is -0.301. The van der Waals surface area contributed by atoms with Gasteiger partial charge in [0.15, 0.2) is 59.3 Å². The third-order valence-corrected chi connectivity index (χ3v) is 33.5. The smallest absolute Gasteiger partial charge is 0.303 e. The van der Waals surface area contributed by atoms with Crippen molar-refractivity contribution in [3.63, 3.8) is 0 Å². The van der Waals surface area contributed by atoms with Crippen molar-refractivity contribution in [1.82, 2.24) is 0 Å². The fourth-order valence-electron chi connectivity index (χ4n) is 27.3. The lowest BCUT2D eigenvalue weighted by atomic mass is 9.49. The molecule has 9 unspecified atom stereocenters. The van der Waals surface area contributed by atoms with Crippen LogP contribution in [0.5, 0.6) is 0 Å². The maximum absolute atomic E-state index is 13.3. The van der Waals surface area contributed by atoms with E-state index in [0.717, 1.165) is 69.8 Å². The van der Waals surface area contributed by atoms with E-state index in [-0.39, 0.29) is 134 Å². The standard InChI is InChI=1S/C26H32O5.2C24H30O5.C24H28O4/c1-15-12-18-19(23(3)9-6-17(28)13-21(15)23)7-10-24(4)20(18)8-11-26(24)22(29)14-30-25(5,31-26)16(2)27;1-14-11-17-18(22(3)8-5-16(26)12-20(14)22)6-9-23(4)19(17)7-10-24(23,28)21(27)13-29-15(2)25;1-14-11-17-18(22(3)8-5-16(27)12-20(14)22)6-9-23(4)19(17)7-10-24(23,21(28)13-25)29-15(2)26;1-14-11-17-18-5-6-20(22(27)13-28-15(2)25)23(18,3)10-8-19(17)24(4)9-7-16(26)12-21(14)24/h6-7,9,13,15,18,20H,8,10-12,14H2,1-5H3;5-6,8,12,14,17,19,28H,7,9-11,13H2,1-4H3;5-6,8,12,14,17,19,25H,7,9-11,13H2,1-4H3;6-9,12,14,17-18H,5,10-11,13H2,1-4H3/t15-,18?,20?,23+,24-,25?,26-;2*14-,17?,19?,22+,23-,24-;14-,17?,18?,23-,24+/m0000/s1. The molecule has 0 aromatic heterocycles. The molecule has 1 spiro atoms. The molecule has 19 nitrogen and oxygen atoms in total. The SMILES string of the molecule is CC(=O)C1(C)OCC(=O)[C@]2(CCC3C4C[C@H](C)C5=CC(=O)C=C[C@]5(C)C4=CC[C@@]32C)O1.CC(=O)OCC(=O)C1=CCC2C3C[C@H](C)C4=CC(=O)C=C[C@]4(C)C3=CC[C@]12C.CC(=O)OCC(=O)[C@@]1(O)CCC2C3C[C@H](C)C4=CC(=O)C=C[C@]4(C)C3=CC[C@@]21C.CC(=O)O[C@]1(C(=O)CO)CCC2C3C[C@H](C)C4=CC(=O)C=C[C@]4(C)C3=CC[C@@]21C. The van der Waals surface area contributed by atoms with Crippen molar-refractivity contribution in [2.24, 2.45) is 114 Å². The number of aliphatic hydroxyl groups excluding tert-OH is 1. The fraction of sp³-hybridized carbons (Fsp3) is 0.612. The molecule has 17 aliphatic rings. The normalized spacial score (nSPS) is 43.4. The fourth-order valence-corrected chi connectivity index (χ4v) is 27.3. The molecule has 0 aromatic carbocycles. The number of hydrogen-bond acceptors (Lipinski definition) is 19. The lowest BCUT2D eigenvalue weighted by Gasteiger charge is -2.57. The van der Waals surface area contributed by atoms with Crippen LogP contribution in [0, 0.1) is 114 Å². The highest BCUT2D eigenvalue weighted by atomic mass is 16.7. The molecule has 117 heavy (non-hydrogen) atoms. The monoisotopic (exact) mass is 1600 g/mol. The van der Waals surface area contributed by atoms with Crippen LogP contribution in [0.3, 0.4) is 0 Å². The van der Waals surface area contributed by atoms with Gasteiger partial charge in [0.2, 0.25) is 17.4 Å². The molecule has 626 valence electrons. The average Bonchev–Trinajstić information content (AvgIpc) is 1.63. The zero-order valence-electron chi connectivity index (χ0n) is 71.5. The van der Waals surface area contributed by atoms with Crippen molar-refractivity contribution in [3.05, 3.63) is 153 Å². The number of hydrogen-bond donors (Lipinski definition) is 2. The molecule has 0 radical (unpaired) electrons. The molecule has 0 amide bonds. The van der Waals surface area contributed by atoms with Crippen LogP contribution in [0.15, 0.2) is 153 Å². The van der Waals surface area contributed by atoms with Crippen LogP contribution in [0.2, 0.25) is 0 Å². The molecular formula is C98H120O19. The number of ketones is 9. The molecule has 24 atom stereocenters. The maximum atomic E-state index is 13.3. The molecule has 19 heteroatoms. The Balaban J connectivity index is 0.000000128. The average molecular weight is 1600 g/mol. The second-order valence-electron chi connectivity index (χ2n) is 39.6. The van der Waals surface area contributed by atoms with Gasteiger partial charge in [-0.2, -0.15) is 0 Å². The molecule has 0 aromatic rings. The van der Waals surface area contributed by atoms with E-state index in [2.05, 4.69) is 112 Å². The van der Waals surface area contributed by atoms with Gasteiger partial charge in [-0.25, -0.2) is 0 Å². The summed E-state index contributed by atoms with van der Waals surface area (Å²) in [5, 5.41) is 21.1. The van der Waals surface area contributed by atoms with E-state index < -0.39 is 69.5 Å². The van der Waals surface area contributed by atoms with Crippen LogP contribution in [-0.2, 0) is 81.2 Å². The van der Waals surface area contributed by atoms with E-state index >= 15 is 0 Å². The van der Waals surface area contributed by atoms with E-state index in [4.69, 9.17) is 23.7 Å². The summed E-state index contributed by atoms with van der Waals surface area (Å²) in [7, 11) is 0. The Morgan fingerprint density at radius 2 is 0.838 bits per heavy atom. The largest absolute Gasteiger partial charge is 0.458 e. The first-order valence-corrected chi connectivity index (χ1v) is 42.9. The van der Waals surface area contributed by atoms with Crippen molar-refractivity contribution in [1.29, 1.82) is 0 Å². The van der Waals surface area contributed by atoms with Gasteiger partial charge in [0.1, 0.15) is 24.4 Å². The Morgan fingerprint density at radius 1 is 0.453 bits per heavy atom. The molecule has 0 bridgehead atoms. The van der Waals surface area contributed by atoms with E-state index in [0.29, 0.717) is 61.7 Å². The molecule has 1 heterocycles. The van der Waals surface area contributed by atoms with Gasteiger partial charge in [0.25, 0.3) is 0 Å². The molecule has 2 N–H and O–H groups in total. The Morgan fingerprint density at radius 3 is 1.26 bits per heavy atom. The van der Waals surface area contributed by atoms with Gasteiger partial charge in [0.05, 0.1) is 0 Å². The van der Waals surface area contributed by atoms with Gasteiger partial charge < -0.3 is 33.9 Å². The van der Waals surface area contributed by atoms with Crippen LogP contribution in [0.4, 0.5) is 0 Å². The number of esters is 3. The van der Waals surface area contributed by atoms with Gasteiger partial charge >= 0.3 is 17.9 Å². The van der Waals surface area contributed by atoms with E-state index in [1.165, 1.54) is 72.3 Å². The first-order valence-electron chi connectivity index (χ1n) is 42.9. The number of carbonyl (C=O) groups excluding carboxylic acids is 12. The Bertz CT molecular complexity index is 4810. The van der Waals surface area contributed by atoms with E-state index in [1.807, 2.05) is 38.2 Å². The van der Waals surface area contributed by atoms with Gasteiger partial charge in [0, 0.05) is 76.6 Å². The summed E-state index contributed by atoms with van der Waals surface area (Å²) in [6, 6.07) is 0. The van der Waals surface area contributed by atoms with Gasteiger partial charge in [-0.05, 0) is 273 Å². The van der Waals surface area contributed by atoms with Gasteiger partial charge in [-0.15, -0.1) is 0 Å². The Hall–Kier alpha value is -8.10. The maximum Gasteiger partial charge on any atom is 0.303 e. The highest BCUT2D eigenvalue weighted by Crippen LogP contribution is 2.72. The Labute approximate surface area is 688 Å². The summed E-state index contributed by atoms with van der Waals surface area (Å²) in [5.41, 5.74) is 4.63. The van der Waals surface area contributed by atoms with Crippen LogP contribution in [-0.4, -0.2) is 129 Å². The zero-order chi connectivity index (χ0) is 85.0. The van der Waals surface area contributed by atoms with Crippen molar-refractivity contribution in [3.8, 4) is 0 Å². The van der Waals surface area contributed by atoms with Crippen molar-refractivity contribution >= 4 is 70.0 Å². The molecule has 1 aliphatic heterocycles. The minimum absolute atomic E-state index is 0.0353. The predicted molar refractivity (Wildman–Crippen MR) is 437 cm³/mol. The van der Waals surface area contributed by atoms with Crippen molar-refractivity contribution in [2.45, 2.75) is 237 Å². The lowest BCUT2D eigenvalue weighted by Crippen LogP contribution is -2.65. The molecule has 8 fully saturated rings. The second kappa shape index (κ2) is 29.7. The third-order valence-electron chi connectivity index (χ3n) is 33.5. The predicted octanol–water partition coefficient (Wildman–Crippen LogP) is 14.9. The van der Waals surface area contributed by atoms with Crippen molar-refractivity contribution < 1.29 is 91.4 Å². The summed E-state index contributed by atoms with van der Waals surface area (Å²) < 4.78 is 27.6. The van der Waals surface area contributed by atoms with Crippen LogP contribution >= 0.6 is 0 Å². The quantitative estimate of drug-likeness (QED) is 0.117. The highest BCUT2D eigenvalue weighted by Gasteiger charge is 2.72. The molecule has 16 aliphatic carbocycles. The second-order valence-corrected chi connectivity index (χ2v) is 39.6. The molecule has 7 saturated carbocycles. The minimum atomic E-state index is -1.48. The molecular weight excluding hydrogens is 1480 g/mol. The number of allylic oxidation sites excluding steroid dienone is 25. The number of carbonyl (C=O) groups is 12. The topological polar surface area (TPSA) is 291 Å². The highest BCUT2D eigenvalue weighted by molar-refractivity contribution is 6.04. The minimum Gasteiger partial charge on any atom is -0.458 e.